The Balaban J connectivity index is 2.28. The number of hydrogen-bond donors (Lipinski definition) is 1. The number of nitrogens with two attached hydrogens (primary N) is 1. The lowest BCUT2D eigenvalue weighted by Gasteiger charge is -2.22. The van der Waals surface area contributed by atoms with Gasteiger partial charge in [-0.05, 0) is 39.5 Å². The van der Waals surface area contributed by atoms with E-state index in [0.29, 0.717) is 12.0 Å². The van der Waals surface area contributed by atoms with E-state index in [4.69, 9.17) is 5.73 Å². The van der Waals surface area contributed by atoms with Gasteiger partial charge in [0.15, 0.2) is 0 Å². The van der Waals surface area contributed by atoms with E-state index in [-0.39, 0.29) is 0 Å². The second-order valence-electron chi connectivity index (χ2n) is 4.37. The van der Waals surface area contributed by atoms with E-state index in [1.165, 1.54) is 26.1 Å². The molecule has 0 amide bonds. The van der Waals surface area contributed by atoms with Gasteiger partial charge in [-0.3, -0.25) is 0 Å². The summed E-state index contributed by atoms with van der Waals surface area (Å²) < 4.78 is 0. The highest BCUT2D eigenvalue weighted by Crippen LogP contribution is 2.18. The molecular formula is C10H23N3. The molecule has 1 fully saturated rings. The van der Waals surface area contributed by atoms with Crippen LogP contribution in [0.4, 0.5) is 0 Å². The molecule has 0 spiro atoms. The van der Waals surface area contributed by atoms with Crippen molar-refractivity contribution in [3.8, 4) is 0 Å². The first kappa shape index (κ1) is 11.0. The van der Waals surface area contributed by atoms with Crippen LogP contribution in [0.5, 0.6) is 0 Å². The zero-order valence-corrected chi connectivity index (χ0v) is 9.16. The standard InChI is InChI=1S/C10H23N3/c1-4-13-6-5-9(7-13)10(11)8-12(2)3/h9-10H,4-8,11H2,1-3H3. The minimum atomic E-state index is 0.353. The lowest BCUT2D eigenvalue weighted by atomic mass is 9.99. The summed E-state index contributed by atoms with van der Waals surface area (Å²) in [6.07, 6.45) is 1.28. The second-order valence-corrected chi connectivity index (χ2v) is 4.37. The van der Waals surface area contributed by atoms with Crippen LogP contribution in [0.1, 0.15) is 13.3 Å². The molecule has 1 aliphatic heterocycles. The molecule has 2 unspecified atom stereocenters. The fourth-order valence-corrected chi connectivity index (χ4v) is 2.07. The van der Waals surface area contributed by atoms with E-state index >= 15 is 0 Å². The summed E-state index contributed by atoms with van der Waals surface area (Å²) in [6.45, 7) is 6.85. The van der Waals surface area contributed by atoms with Crippen molar-refractivity contribution >= 4 is 0 Å². The summed E-state index contributed by atoms with van der Waals surface area (Å²) in [6, 6.07) is 0.353. The van der Waals surface area contributed by atoms with Crippen LogP contribution in [0.2, 0.25) is 0 Å². The zero-order valence-electron chi connectivity index (χ0n) is 9.16. The molecule has 0 aliphatic carbocycles. The van der Waals surface area contributed by atoms with Gasteiger partial charge >= 0.3 is 0 Å². The first-order valence-electron chi connectivity index (χ1n) is 5.26. The molecule has 1 aliphatic rings. The number of likely N-dealkylation sites (tertiary alicyclic amines) is 1. The van der Waals surface area contributed by atoms with Gasteiger partial charge in [-0.25, -0.2) is 0 Å². The van der Waals surface area contributed by atoms with E-state index in [1.54, 1.807) is 0 Å². The van der Waals surface area contributed by atoms with Gasteiger partial charge in [0.05, 0.1) is 0 Å². The third kappa shape index (κ3) is 3.25. The summed E-state index contributed by atoms with van der Waals surface area (Å²) in [5, 5.41) is 0. The summed E-state index contributed by atoms with van der Waals surface area (Å²) in [4.78, 5) is 4.67. The van der Waals surface area contributed by atoms with Crippen molar-refractivity contribution in [3.63, 3.8) is 0 Å². The Morgan fingerprint density at radius 2 is 2.23 bits per heavy atom. The van der Waals surface area contributed by atoms with Gasteiger partial charge in [0, 0.05) is 19.1 Å². The summed E-state index contributed by atoms with van der Waals surface area (Å²) in [7, 11) is 4.18. The Morgan fingerprint density at radius 1 is 1.54 bits per heavy atom. The van der Waals surface area contributed by atoms with Crippen molar-refractivity contribution in [1.82, 2.24) is 9.80 Å². The van der Waals surface area contributed by atoms with Crippen LogP contribution in [0.25, 0.3) is 0 Å². The average Bonchev–Trinajstić information content (AvgIpc) is 2.50. The van der Waals surface area contributed by atoms with Crippen molar-refractivity contribution in [1.29, 1.82) is 0 Å². The highest BCUT2D eigenvalue weighted by molar-refractivity contribution is 4.83. The minimum Gasteiger partial charge on any atom is -0.326 e. The van der Waals surface area contributed by atoms with Gasteiger partial charge in [0.1, 0.15) is 0 Å². The molecule has 0 aromatic carbocycles. The zero-order chi connectivity index (χ0) is 9.84. The molecule has 0 aromatic rings. The number of rotatable bonds is 4. The largest absolute Gasteiger partial charge is 0.326 e. The Labute approximate surface area is 81.9 Å². The molecule has 0 bridgehead atoms. The van der Waals surface area contributed by atoms with Crippen molar-refractivity contribution in [2.24, 2.45) is 11.7 Å². The molecule has 0 aromatic heterocycles. The summed E-state index contributed by atoms with van der Waals surface area (Å²) >= 11 is 0. The number of nitrogens with zero attached hydrogens (tertiary/aromatic N) is 2. The van der Waals surface area contributed by atoms with Crippen LogP contribution in [0.15, 0.2) is 0 Å². The third-order valence-corrected chi connectivity index (χ3v) is 2.94. The third-order valence-electron chi connectivity index (χ3n) is 2.94. The van der Waals surface area contributed by atoms with Gasteiger partial charge in [-0.2, -0.15) is 0 Å². The smallest absolute Gasteiger partial charge is 0.0209 e. The molecule has 78 valence electrons. The number of likely N-dealkylation sites (N-methyl/N-ethyl adjacent to an activating group) is 1. The van der Waals surface area contributed by atoms with E-state index < -0.39 is 0 Å². The molecule has 0 radical (unpaired) electrons. The first-order valence-corrected chi connectivity index (χ1v) is 5.26. The van der Waals surface area contributed by atoms with E-state index in [2.05, 4.69) is 30.8 Å². The monoisotopic (exact) mass is 185 g/mol. The molecule has 3 heteroatoms. The Hall–Kier alpha value is -0.120. The highest BCUT2D eigenvalue weighted by atomic mass is 15.1. The average molecular weight is 185 g/mol. The quantitative estimate of drug-likeness (QED) is 0.680. The predicted octanol–water partition coefficient (Wildman–Crippen LogP) is 0.217. The Bertz CT molecular complexity index is 147. The fourth-order valence-electron chi connectivity index (χ4n) is 2.07. The SMILES string of the molecule is CCN1CCC(C(N)CN(C)C)C1. The summed E-state index contributed by atoms with van der Waals surface area (Å²) in [5.41, 5.74) is 6.13. The van der Waals surface area contributed by atoms with Gasteiger partial charge in [-0.15, -0.1) is 0 Å². The lowest BCUT2D eigenvalue weighted by molar-refractivity contribution is 0.290. The van der Waals surface area contributed by atoms with Gasteiger partial charge < -0.3 is 15.5 Å². The van der Waals surface area contributed by atoms with Crippen molar-refractivity contribution in [2.75, 3.05) is 40.3 Å². The second kappa shape index (κ2) is 4.94. The first-order chi connectivity index (χ1) is 6.13. The fraction of sp³-hybridized carbons (Fsp3) is 1.00. The molecular weight excluding hydrogens is 162 g/mol. The van der Waals surface area contributed by atoms with Crippen LogP contribution < -0.4 is 5.73 Å². The van der Waals surface area contributed by atoms with Crippen molar-refractivity contribution in [2.45, 2.75) is 19.4 Å². The van der Waals surface area contributed by atoms with Crippen LogP contribution >= 0.6 is 0 Å². The maximum atomic E-state index is 6.13. The Morgan fingerprint density at radius 3 is 2.69 bits per heavy atom. The van der Waals surface area contributed by atoms with Crippen molar-refractivity contribution < 1.29 is 0 Å². The Kier molecular flexibility index (Phi) is 4.16. The molecule has 3 nitrogen and oxygen atoms in total. The van der Waals surface area contributed by atoms with Gasteiger partial charge in [0.2, 0.25) is 0 Å². The minimum absolute atomic E-state index is 0.353. The lowest BCUT2D eigenvalue weighted by Crippen LogP contribution is -2.40. The molecule has 2 atom stereocenters. The van der Waals surface area contributed by atoms with Crippen LogP contribution in [0.3, 0.4) is 0 Å². The van der Waals surface area contributed by atoms with E-state index in [9.17, 15) is 0 Å². The molecule has 13 heavy (non-hydrogen) atoms. The molecule has 1 heterocycles. The molecule has 2 N–H and O–H groups in total. The van der Waals surface area contributed by atoms with Gasteiger partial charge in [-0.1, -0.05) is 6.92 Å². The maximum Gasteiger partial charge on any atom is 0.0209 e. The number of hydrogen-bond acceptors (Lipinski definition) is 3. The molecule has 0 saturated carbocycles. The maximum absolute atomic E-state index is 6.13. The topological polar surface area (TPSA) is 32.5 Å². The van der Waals surface area contributed by atoms with Crippen LogP contribution in [-0.2, 0) is 0 Å². The summed E-state index contributed by atoms with van der Waals surface area (Å²) in [5.74, 6) is 0.711. The van der Waals surface area contributed by atoms with Gasteiger partial charge in [0.25, 0.3) is 0 Å². The van der Waals surface area contributed by atoms with Crippen LogP contribution in [-0.4, -0.2) is 56.1 Å². The normalized spacial score (nSPS) is 27.0. The van der Waals surface area contributed by atoms with Crippen molar-refractivity contribution in [3.05, 3.63) is 0 Å². The van der Waals surface area contributed by atoms with Crippen LogP contribution in [0, 0.1) is 5.92 Å². The van der Waals surface area contributed by atoms with E-state index in [0.717, 1.165) is 6.54 Å². The predicted molar refractivity (Wildman–Crippen MR) is 56.8 cm³/mol. The van der Waals surface area contributed by atoms with E-state index in [1.807, 2.05) is 0 Å². The highest BCUT2D eigenvalue weighted by Gasteiger charge is 2.26. The molecule has 1 saturated heterocycles. The molecule has 1 rings (SSSR count).